The van der Waals surface area contributed by atoms with Crippen LogP contribution in [-0.4, -0.2) is 6.54 Å². The minimum absolute atomic E-state index is 0.188. The molecule has 1 aliphatic heterocycles. The van der Waals surface area contributed by atoms with Gasteiger partial charge in [0.2, 0.25) is 0 Å². The van der Waals surface area contributed by atoms with Gasteiger partial charge in [0.15, 0.2) is 0 Å². The minimum Gasteiger partial charge on any atom is -0.385 e. The minimum atomic E-state index is 0.188. The van der Waals surface area contributed by atoms with E-state index in [1.807, 2.05) is 18.2 Å². The first kappa shape index (κ1) is 9.08. The predicted molar refractivity (Wildman–Crippen MR) is 57.3 cm³/mol. The van der Waals surface area contributed by atoms with Crippen molar-refractivity contribution in [1.82, 2.24) is 0 Å². The number of nitriles is 1. The van der Waals surface area contributed by atoms with Gasteiger partial charge >= 0.3 is 0 Å². The molecule has 1 aromatic carbocycles. The maximum absolute atomic E-state index is 8.84. The molecule has 14 heavy (non-hydrogen) atoms. The van der Waals surface area contributed by atoms with Crippen molar-refractivity contribution in [1.29, 1.82) is 5.26 Å². The van der Waals surface area contributed by atoms with Crippen molar-refractivity contribution in [2.24, 2.45) is 0 Å². The van der Waals surface area contributed by atoms with Crippen LogP contribution in [0.2, 0.25) is 0 Å². The molecule has 2 rings (SSSR count). The maximum Gasteiger partial charge on any atom is 0.0991 e. The fraction of sp³-hybridized carbons (Fsp3) is 0.417. The molecule has 0 amide bonds. The molecule has 1 aromatic rings. The highest BCUT2D eigenvalue weighted by molar-refractivity contribution is 5.59. The average molecular weight is 186 g/mol. The monoisotopic (exact) mass is 186 g/mol. The molecule has 2 nitrogen and oxygen atoms in total. The summed E-state index contributed by atoms with van der Waals surface area (Å²) in [4.78, 5) is 0. The predicted octanol–water partition coefficient (Wildman–Crippen LogP) is 2.65. The Bertz CT molecular complexity index is 399. The molecule has 1 heterocycles. The number of anilines is 1. The van der Waals surface area contributed by atoms with Crippen LogP contribution in [0.25, 0.3) is 0 Å². The lowest BCUT2D eigenvalue weighted by molar-refractivity contribution is 0.482. The summed E-state index contributed by atoms with van der Waals surface area (Å²) in [6, 6.07) is 8.07. The quantitative estimate of drug-likeness (QED) is 0.676. The number of fused-ring (bicyclic) bond motifs is 1. The molecular weight excluding hydrogens is 172 g/mol. The SMILES string of the molecule is CC1(C)CCNc2ccc(C#N)cc21. The number of rotatable bonds is 0. The smallest absolute Gasteiger partial charge is 0.0991 e. The van der Waals surface area contributed by atoms with E-state index >= 15 is 0 Å². The number of hydrogen-bond acceptors (Lipinski definition) is 2. The van der Waals surface area contributed by atoms with Gasteiger partial charge < -0.3 is 5.32 Å². The van der Waals surface area contributed by atoms with Crippen molar-refractivity contribution in [2.45, 2.75) is 25.7 Å². The molecule has 0 bridgehead atoms. The summed E-state index contributed by atoms with van der Waals surface area (Å²) in [7, 11) is 0. The van der Waals surface area contributed by atoms with Gasteiger partial charge in [0, 0.05) is 12.2 Å². The van der Waals surface area contributed by atoms with Crippen LogP contribution in [-0.2, 0) is 5.41 Å². The molecule has 0 unspecified atom stereocenters. The Morgan fingerprint density at radius 3 is 2.93 bits per heavy atom. The molecule has 1 aliphatic rings. The summed E-state index contributed by atoms with van der Waals surface area (Å²) in [5, 5.41) is 12.2. The Balaban J connectivity index is 2.56. The van der Waals surface area contributed by atoms with Crippen molar-refractivity contribution in [3.8, 4) is 6.07 Å². The van der Waals surface area contributed by atoms with E-state index in [4.69, 9.17) is 5.26 Å². The van der Waals surface area contributed by atoms with E-state index in [0.29, 0.717) is 0 Å². The van der Waals surface area contributed by atoms with E-state index in [2.05, 4.69) is 25.2 Å². The molecule has 0 saturated carbocycles. The van der Waals surface area contributed by atoms with Crippen LogP contribution in [0.15, 0.2) is 18.2 Å². The number of benzene rings is 1. The summed E-state index contributed by atoms with van der Waals surface area (Å²) in [5.41, 5.74) is 3.39. The maximum atomic E-state index is 8.84. The van der Waals surface area contributed by atoms with Crippen molar-refractivity contribution in [3.05, 3.63) is 29.3 Å². The van der Waals surface area contributed by atoms with Crippen LogP contribution in [0.3, 0.4) is 0 Å². The Hall–Kier alpha value is -1.49. The molecule has 0 spiro atoms. The largest absolute Gasteiger partial charge is 0.385 e. The third-order valence-electron chi connectivity index (χ3n) is 2.94. The second-order valence-electron chi connectivity index (χ2n) is 4.43. The zero-order valence-electron chi connectivity index (χ0n) is 8.59. The molecule has 0 saturated heterocycles. The first-order valence-corrected chi connectivity index (χ1v) is 4.92. The lowest BCUT2D eigenvalue weighted by Gasteiger charge is -2.33. The van der Waals surface area contributed by atoms with Gasteiger partial charge in [-0.25, -0.2) is 0 Å². The van der Waals surface area contributed by atoms with Crippen LogP contribution in [0.1, 0.15) is 31.4 Å². The zero-order chi connectivity index (χ0) is 10.2. The molecule has 1 N–H and O–H groups in total. The summed E-state index contributed by atoms with van der Waals surface area (Å²) in [6.07, 6.45) is 1.12. The van der Waals surface area contributed by atoms with Crippen LogP contribution >= 0.6 is 0 Å². The molecule has 72 valence electrons. The van der Waals surface area contributed by atoms with Gasteiger partial charge in [-0.3, -0.25) is 0 Å². The van der Waals surface area contributed by atoms with E-state index in [9.17, 15) is 0 Å². The van der Waals surface area contributed by atoms with Gasteiger partial charge in [-0.05, 0) is 35.6 Å². The molecule has 0 radical (unpaired) electrons. The normalized spacial score (nSPS) is 17.8. The highest BCUT2D eigenvalue weighted by atomic mass is 14.9. The first-order chi connectivity index (χ1) is 6.63. The highest BCUT2D eigenvalue weighted by Gasteiger charge is 2.27. The van der Waals surface area contributed by atoms with Gasteiger partial charge in [0.05, 0.1) is 11.6 Å². The molecule has 0 fully saturated rings. The zero-order valence-corrected chi connectivity index (χ0v) is 8.59. The topological polar surface area (TPSA) is 35.8 Å². The third kappa shape index (κ3) is 1.35. The summed E-state index contributed by atoms with van der Waals surface area (Å²) in [5.74, 6) is 0. The second-order valence-corrected chi connectivity index (χ2v) is 4.43. The third-order valence-corrected chi connectivity index (χ3v) is 2.94. The van der Waals surface area contributed by atoms with Gasteiger partial charge in [0.1, 0.15) is 0 Å². The first-order valence-electron chi connectivity index (χ1n) is 4.92. The van der Waals surface area contributed by atoms with Gasteiger partial charge in [-0.1, -0.05) is 13.8 Å². The fourth-order valence-electron chi connectivity index (χ4n) is 1.97. The van der Waals surface area contributed by atoms with Crippen molar-refractivity contribution in [3.63, 3.8) is 0 Å². The van der Waals surface area contributed by atoms with E-state index in [0.717, 1.165) is 18.5 Å². The van der Waals surface area contributed by atoms with Crippen LogP contribution in [0.4, 0.5) is 5.69 Å². The lowest BCUT2D eigenvalue weighted by Crippen LogP contribution is -2.28. The van der Waals surface area contributed by atoms with Crippen LogP contribution in [0, 0.1) is 11.3 Å². The lowest BCUT2D eigenvalue weighted by atomic mass is 9.78. The van der Waals surface area contributed by atoms with Gasteiger partial charge in [-0.2, -0.15) is 5.26 Å². The number of nitrogens with one attached hydrogen (secondary N) is 1. The fourth-order valence-corrected chi connectivity index (χ4v) is 1.97. The number of hydrogen-bond donors (Lipinski definition) is 1. The molecular formula is C12H14N2. The Kier molecular flexibility index (Phi) is 1.96. The van der Waals surface area contributed by atoms with E-state index in [-0.39, 0.29) is 5.41 Å². The van der Waals surface area contributed by atoms with Crippen molar-refractivity contribution in [2.75, 3.05) is 11.9 Å². The van der Waals surface area contributed by atoms with Gasteiger partial charge in [0.25, 0.3) is 0 Å². The van der Waals surface area contributed by atoms with Crippen molar-refractivity contribution < 1.29 is 0 Å². The second kappa shape index (κ2) is 3.02. The Morgan fingerprint density at radius 1 is 1.43 bits per heavy atom. The highest BCUT2D eigenvalue weighted by Crippen LogP contribution is 2.36. The Morgan fingerprint density at radius 2 is 2.21 bits per heavy atom. The van der Waals surface area contributed by atoms with Gasteiger partial charge in [-0.15, -0.1) is 0 Å². The molecule has 0 aliphatic carbocycles. The molecule has 0 atom stereocenters. The summed E-state index contributed by atoms with van der Waals surface area (Å²) < 4.78 is 0. The molecule has 0 aromatic heterocycles. The van der Waals surface area contributed by atoms with E-state index < -0.39 is 0 Å². The average Bonchev–Trinajstić information content (AvgIpc) is 2.17. The standard InChI is InChI=1S/C12H14N2/c1-12(2)5-6-14-11-4-3-9(8-13)7-10(11)12/h3-4,7,14H,5-6H2,1-2H3. The van der Waals surface area contributed by atoms with E-state index in [1.165, 1.54) is 11.3 Å². The summed E-state index contributed by atoms with van der Waals surface area (Å²) >= 11 is 0. The van der Waals surface area contributed by atoms with E-state index in [1.54, 1.807) is 0 Å². The summed E-state index contributed by atoms with van der Waals surface area (Å²) in [6.45, 7) is 5.48. The van der Waals surface area contributed by atoms with Crippen LogP contribution < -0.4 is 5.32 Å². The number of nitrogens with zero attached hydrogens (tertiary/aromatic N) is 1. The Labute approximate surface area is 84.6 Å². The molecule has 2 heteroatoms. The van der Waals surface area contributed by atoms with Crippen LogP contribution in [0.5, 0.6) is 0 Å². The van der Waals surface area contributed by atoms with Crippen molar-refractivity contribution >= 4 is 5.69 Å².